The highest BCUT2D eigenvalue weighted by atomic mass is 35.5. The molecule has 0 radical (unpaired) electrons. The fourth-order valence-corrected chi connectivity index (χ4v) is 1.11. The van der Waals surface area contributed by atoms with Crippen molar-refractivity contribution in [1.82, 2.24) is 4.98 Å². The molecule has 0 aliphatic heterocycles. The summed E-state index contributed by atoms with van der Waals surface area (Å²) in [5, 5.41) is -0.163. The first-order valence-electron chi connectivity index (χ1n) is 3.74. The van der Waals surface area contributed by atoms with Gasteiger partial charge in [0.05, 0.1) is 5.69 Å². The van der Waals surface area contributed by atoms with Gasteiger partial charge in [-0.3, -0.25) is 0 Å². The van der Waals surface area contributed by atoms with Crippen molar-refractivity contribution in [2.45, 2.75) is 12.9 Å². The number of anilines is 1. The lowest BCUT2D eigenvalue weighted by Gasteiger charge is -2.12. The molecule has 1 rings (SSSR count). The number of halogens is 4. The topological polar surface area (TPSA) is 74.2 Å². The first-order chi connectivity index (χ1) is 6.83. The number of nitrogens with zero attached hydrogens (tertiary/aromatic N) is 1. The molecule has 15 heavy (non-hydrogen) atoms. The van der Waals surface area contributed by atoms with Crippen LogP contribution in [0.1, 0.15) is 5.56 Å². The van der Waals surface area contributed by atoms with Crippen LogP contribution in [0.2, 0.25) is 5.15 Å². The first-order valence-corrected chi connectivity index (χ1v) is 4.12. The van der Waals surface area contributed by atoms with Gasteiger partial charge in [0.2, 0.25) is 5.88 Å². The van der Waals surface area contributed by atoms with E-state index in [-0.39, 0.29) is 22.9 Å². The largest absolute Gasteiger partial charge is 0.574 e. The monoisotopic (exact) mass is 241 g/mol. The zero-order valence-electron chi connectivity index (χ0n) is 7.31. The number of nitrogen functional groups attached to an aromatic ring is 1. The second-order valence-electron chi connectivity index (χ2n) is 2.57. The smallest absolute Gasteiger partial charge is 0.394 e. The number of hydrogen-bond donors (Lipinski definition) is 2. The van der Waals surface area contributed by atoms with Crippen LogP contribution in [0.3, 0.4) is 0 Å². The SMILES string of the molecule is NCc1cc(Cl)nc(OC(F)(F)F)c1N. The maximum atomic E-state index is 11.9. The summed E-state index contributed by atoms with van der Waals surface area (Å²) >= 11 is 5.46. The van der Waals surface area contributed by atoms with E-state index in [1.165, 1.54) is 6.07 Å². The Kier molecular flexibility index (Phi) is 3.25. The second-order valence-corrected chi connectivity index (χ2v) is 2.96. The summed E-state index contributed by atoms with van der Waals surface area (Å²) in [6.07, 6.45) is -4.86. The van der Waals surface area contributed by atoms with Crippen molar-refractivity contribution in [1.29, 1.82) is 0 Å². The summed E-state index contributed by atoms with van der Waals surface area (Å²) in [6, 6.07) is 1.28. The lowest BCUT2D eigenvalue weighted by atomic mass is 10.2. The molecule has 0 aromatic carbocycles. The Labute approximate surface area is 88.0 Å². The van der Waals surface area contributed by atoms with Crippen LogP contribution in [0.15, 0.2) is 6.07 Å². The van der Waals surface area contributed by atoms with Gasteiger partial charge in [0, 0.05) is 6.54 Å². The van der Waals surface area contributed by atoms with E-state index in [0.29, 0.717) is 0 Å². The Bertz CT molecular complexity index is 369. The van der Waals surface area contributed by atoms with Gasteiger partial charge < -0.3 is 16.2 Å². The third-order valence-corrected chi connectivity index (χ3v) is 1.70. The first kappa shape index (κ1) is 11.9. The van der Waals surface area contributed by atoms with Crippen LogP contribution >= 0.6 is 11.6 Å². The van der Waals surface area contributed by atoms with E-state index in [1.807, 2.05) is 0 Å². The molecular formula is C7H7ClF3N3O. The van der Waals surface area contributed by atoms with Gasteiger partial charge in [-0.25, -0.2) is 0 Å². The van der Waals surface area contributed by atoms with E-state index in [9.17, 15) is 13.2 Å². The summed E-state index contributed by atoms with van der Waals surface area (Å²) in [7, 11) is 0. The van der Waals surface area contributed by atoms with Crippen LogP contribution in [0.25, 0.3) is 0 Å². The minimum atomic E-state index is -4.86. The van der Waals surface area contributed by atoms with E-state index in [1.54, 1.807) is 0 Å². The van der Waals surface area contributed by atoms with Crippen molar-refractivity contribution in [2.24, 2.45) is 5.73 Å². The molecule has 1 aromatic rings. The minimum Gasteiger partial charge on any atom is -0.394 e. The van der Waals surface area contributed by atoms with Crippen LogP contribution in [0, 0.1) is 0 Å². The van der Waals surface area contributed by atoms with Crippen LogP contribution in [-0.4, -0.2) is 11.3 Å². The molecule has 4 N–H and O–H groups in total. The van der Waals surface area contributed by atoms with Crippen molar-refractivity contribution in [2.75, 3.05) is 5.73 Å². The quantitative estimate of drug-likeness (QED) is 0.773. The Morgan fingerprint density at radius 1 is 1.47 bits per heavy atom. The molecule has 1 heterocycles. The summed E-state index contributed by atoms with van der Waals surface area (Å²) < 4.78 is 39.3. The fourth-order valence-electron chi connectivity index (χ4n) is 0.905. The van der Waals surface area contributed by atoms with E-state index in [2.05, 4.69) is 9.72 Å². The van der Waals surface area contributed by atoms with Gasteiger partial charge in [-0.2, -0.15) is 4.98 Å². The van der Waals surface area contributed by atoms with Crippen molar-refractivity contribution in [3.05, 3.63) is 16.8 Å². The third kappa shape index (κ3) is 3.14. The summed E-state index contributed by atoms with van der Waals surface area (Å²) in [6.45, 7) is -0.0533. The maximum Gasteiger partial charge on any atom is 0.574 e. The summed E-state index contributed by atoms with van der Waals surface area (Å²) in [5.74, 6) is -0.782. The second kappa shape index (κ2) is 4.11. The molecule has 0 aliphatic rings. The molecule has 4 nitrogen and oxygen atoms in total. The standard InChI is InChI=1S/C7H7ClF3N3O/c8-4-1-3(2-12)5(13)6(14-4)15-7(9,10)11/h1H,2,12-13H2. The van der Waals surface area contributed by atoms with E-state index in [0.717, 1.165) is 0 Å². The molecule has 0 aliphatic carbocycles. The van der Waals surface area contributed by atoms with Crippen LogP contribution in [-0.2, 0) is 6.54 Å². The third-order valence-electron chi connectivity index (χ3n) is 1.51. The van der Waals surface area contributed by atoms with Gasteiger partial charge in [-0.15, -0.1) is 13.2 Å². The molecule has 0 saturated carbocycles. The zero-order chi connectivity index (χ0) is 11.6. The molecular weight excluding hydrogens is 235 g/mol. The van der Waals surface area contributed by atoms with Gasteiger partial charge in [-0.05, 0) is 11.6 Å². The Morgan fingerprint density at radius 2 is 2.07 bits per heavy atom. The number of pyridine rings is 1. The molecule has 0 atom stereocenters. The van der Waals surface area contributed by atoms with Crippen molar-refractivity contribution < 1.29 is 17.9 Å². The Hall–Kier alpha value is -1.21. The molecule has 8 heteroatoms. The van der Waals surface area contributed by atoms with Gasteiger partial charge >= 0.3 is 6.36 Å². The Balaban J connectivity index is 3.12. The van der Waals surface area contributed by atoms with Crippen LogP contribution in [0.5, 0.6) is 5.88 Å². The van der Waals surface area contributed by atoms with Crippen LogP contribution < -0.4 is 16.2 Å². The zero-order valence-corrected chi connectivity index (χ0v) is 8.06. The van der Waals surface area contributed by atoms with Crippen LogP contribution in [0.4, 0.5) is 18.9 Å². The number of aromatic nitrogens is 1. The molecule has 0 unspecified atom stereocenters. The van der Waals surface area contributed by atoms with E-state index < -0.39 is 12.2 Å². The molecule has 1 aromatic heterocycles. The highest BCUT2D eigenvalue weighted by Gasteiger charge is 2.33. The molecule has 0 bridgehead atoms. The predicted molar refractivity (Wildman–Crippen MR) is 48.2 cm³/mol. The fraction of sp³-hybridized carbons (Fsp3) is 0.286. The van der Waals surface area contributed by atoms with Gasteiger partial charge in [-0.1, -0.05) is 11.6 Å². The normalized spacial score (nSPS) is 11.5. The van der Waals surface area contributed by atoms with E-state index >= 15 is 0 Å². The lowest BCUT2D eigenvalue weighted by molar-refractivity contribution is -0.275. The van der Waals surface area contributed by atoms with Gasteiger partial charge in [0.15, 0.2) is 0 Å². The number of nitrogens with two attached hydrogens (primary N) is 2. The average molecular weight is 242 g/mol. The number of alkyl halides is 3. The van der Waals surface area contributed by atoms with Crippen molar-refractivity contribution in [3.63, 3.8) is 0 Å². The summed E-state index contributed by atoms with van der Waals surface area (Å²) in [4.78, 5) is 3.31. The summed E-state index contributed by atoms with van der Waals surface area (Å²) in [5.41, 5.74) is 10.6. The number of ether oxygens (including phenoxy) is 1. The van der Waals surface area contributed by atoms with E-state index in [4.69, 9.17) is 23.1 Å². The molecule has 0 spiro atoms. The highest BCUT2D eigenvalue weighted by Crippen LogP contribution is 2.30. The predicted octanol–water partition coefficient (Wildman–Crippen LogP) is 1.67. The lowest BCUT2D eigenvalue weighted by Crippen LogP contribution is -2.19. The van der Waals surface area contributed by atoms with Gasteiger partial charge in [0.25, 0.3) is 0 Å². The highest BCUT2D eigenvalue weighted by molar-refractivity contribution is 6.29. The molecule has 0 saturated heterocycles. The molecule has 84 valence electrons. The minimum absolute atomic E-state index is 0.0533. The number of hydrogen-bond acceptors (Lipinski definition) is 4. The maximum absolute atomic E-state index is 11.9. The molecule has 0 fully saturated rings. The van der Waals surface area contributed by atoms with Gasteiger partial charge in [0.1, 0.15) is 5.15 Å². The molecule has 0 amide bonds. The van der Waals surface area contributed by atoms with Crippen molar-refractivity contribution in [3.8, 4) is 5.88 Å². The Morgan fingerprint density at radius 3 is 2.53 bits per heavy atom. The average Bonchev–Trinajstić information content (AvgIpc) is 2.08. The van der Waals surface area contributed by atoms with Crippen molar-refractivity contribution >= 4 is 17.3 Å². The number of rotatable bonds is 2.